The van der Waals surface area contributed by atoms with Gasteiger partial charge in [-0.3, -0.25) is 4.79 Å². The molecule has 0 bridgehead atoms. The summed E-state index contributed by atoms with van der Waals surface area (Å²) in [5.41, 5.74) is 1.56. The number of nitrogens with one attached hydrogen (secondary N) is 1. The number of hydrogen-bond donors (Lipinski definition) is 1. The molecule has 3 unspecified atom stereocenters. The Morgan fingerprint density at radius 1 is 1.32 bits per heavy atom. The molecule has 0 spiro atoms. The Bertz CT molecular complexity index is 621. The summed E-state index contributed by atoms with van der Waals surface area (Å²) in [5.74, 6) is 0.416. The predicted molar refractivity (Wildman–Crippen MR) is 83.9 cm³/mol. The molecule has 1 fully saturated rings. The molecule has 1 aromatic carbocycles. The van der Waals surface area contributed by atoms with Gasteiger partial charge in [-0.25, -0.2) is 4.79 Å². The van der Waals surface area contributed by atoms with Crippen molar-refractivity contribution in [1.29, 1.82) is 0 Å². The average Bonchev–Trinajstić information content (AvgIpc) is 3.21. The second-order valence-electron chi connectivity index (χ2n) is 7.09. The van der Waals surface area contributed by atoms with Gasteiger partial charge >= 0.3 is 6.09 Å². The van der Waals surface area contributed by atoms with E-state index in [0.29, 0.717) is 5.92 Å². The maximum atomic E-state index is 12.7. The van der Waals surface area contributed by atoms with Crippen molar-refractivity contribution in [3.8, 4) is 0 Å². The molecule has 0 aromatic heterocycles. The van der Waals surface area contributed by atoms with Crippen molar-refractivity contribution in [2.75, 3.05) is 11.9 Å². The van der Waals surface area contributed by atoms with Crippen LogP contribution in [0, 0.1) is 5.92 Å². The highest BCUT2D eigenvalue weighted by Gasteiger charge is 2.52. The number of anilines is 1. The molecule has 22 heavy (non-hydrogen) atoms. The molecular weight excluding hydrogens is 280 g/mol. The van der Waals surface area contributed by atoms with Gasteiger partial charge in [0.25, 0.3) is 0 Å². The number of rotatable bonds is 1. The van der Waals surface area contributed by atoms with Crippen LogP contribution in [0.2, 0.25) is 0 Å². The molecule has 5 heteroatoms. The molecule has 5 nitrogen and oxygen atoms in total. The van der Waals surface area contributed by atoms with Gasteiger partial charge in [-0.1, -0.05) is 18.2 Å². The van der Waals surface area contributed by atoms with Crippen LogP contribution in [0.1, 0.15) is 38.7 Å². The van der Waals surface area contributed by atoms with Crippen LogP contribution < -0.4 is 10.2 Å². The molecule has 1 aliphatic carbocycles. The first-order valence-electron chi connectivity index (χ1n) is 7.64. The third kappa shape index (κ3) is 2.67. The molecule has 1 aromatic rings. The number of fused-ring (bicyclic) bond motifs is 3. The topological polar surface area (TPSA) is 58.6 Å². The Labute approximate surface area is 130 Å². The number of para-hydroxylation sites is 1. The van der Waals surface area contributed by atoms with Gasteiger partial charge in [-0.15, -0.1) is 0 Å². The average molecular weight is 302 g/mol. The molecule has 2 aliphatic rings. The molecule has 1 heterocycles. The number of hydrogen-bond acceptors (Lipinski definition) is 3. The van der Waals surface area contributed by atoms with Crippen LogP contribution in [0.15, 0.2) is 24.3 Å². The highest BCUT2D eigenvalue weighted by molar-refractivity contribution is 6.00. The Balaban J connectivity index is 1.81. The van der Waals surface area contributed by atoms with Crippen LogP contribution >= 0.6 is 0 Å². The van der Waals surface area contributed by atoms with E-state index in [1.54, 1.807) is 11.9 Å². The fourth-order valence-electron chi connectivity index (χ4n) is 3.16. The summed E-state index contributed by atoms with van der Waals surface area (Å²) in [4.78, 5) is 26.4. The van der Waals surface area contributed by atoms with Gasteiger partial charge in [-0.05, 0) is 50.7 Å². The first-order chi connectivity index (χ1) is 10.3. The number of likely N-dealkylation sites (N-methyl/N-ethyl adjacent to an activating group) is 1. The Morgan fingerprint density at radius 3 is 2.68 bits per heavy atom. The molecule has 118 valence electrons. The van der Waals surface area contributed by atoms with Crippen molar-refractivity contribution in [2.45, 2.75) is 44.8 Å². The number of benzene rings is 1. The van der Waals surface area contributed by atoms with Crippen molar-refractivity contribution in [1.82, 2.24) is 5.32 Å². The van der Waals surface area contributed by atoms with E-state index in [2.05, 4.69) is 11.4 Å². The second-order valence-corrected chi connectivity index (χ2v) is 7.09. The van der Waals surface area contributed by atoms with Gasteiger partial charge in [-0.2, -0.15) is 0 Å². The summed E-state index contributed by atoms with van der Waals surface area (Å²) in [6, 6.07) is 7.44. The van der Waals surface area contributed by atoms with E-state index in [-0.39, 0.29) is 11.8 Å². The Hall–Kier alpha value is -2.04. The maximum Gasteiger partial charge on any atom is 0.408 e. The van der Waals surface area contributed by atoms with Gasteiger partial charge < -0.3 is 15.0 Å². The summed E-state index contributed by atoms with van der Waals surface area (Å²) in [7, 11) is 1.76. The van der Waals surface area contributed by atoms with E-state index in [1.807, 2.05) is 39.0 Å². The molecule has 1 N–H and O–H groups in total. The third-order valence-corrected chi connectivity index (χ3v) is 4.23. The zero-order valence-corrected chi connectivity index (χ0v) is 13.4. The fraction of sp³-hybridized carbons (Fsp3) is 0.529. The summed E-state index contributed by atoms with van der Waals surface area (Å²) in [6.45, 7) is 5.43. The van der Waals surface area contributed by atoms with Gasteiger partial charge in [0.2, 0.25) is 5.91 Å². The third-order valence-electron chi connectivity index (χ3n) is 4.23. The van der Waals surface area contributed by atoms with Crippen LogP contribution in [0.5, 0.6) is 0 Å². The van der Waals surface area contributed by atoms with Crippen LogP contribution in [0.25, 0.3) is 0 Å². The highest BCUT2D eigenvalue weighted by atomic mass is 16.6. The largest absolute Gasteiger partial charge is 0.444 e. The van der Waals surface area contributed by atoms with E-state index in [0.717, 1.165) is 12.1 Å². The maximum absolute atomic E-state index is 12.7. The number of ether oxygens (including phenoxy) is 1. The van der Waals surface area contributed by atoms with Crippen molar-refractivity contribution >= 4 is 17.7 Å². The number of carbonyl (C=O) groups is 2. The zero-order valence-electron chi connectivity index (χ0n) is 13.4. The van der Waals surface area contributed by atoms with E-state index in [1.165, 1.54) is 5.56 Å². The Morgan fingerprint density at radius 2 is 2.00 bits per heavy atom. The zero-order chi connectivity index (χ0) is 16.1. The van der Waals surface area contributed by atoms with Crippen LogP contribution in [0.4, 0.5) is 10.5 Å². The van der Waals surface area contributed by atoms with Crippen molar-refractivity contribution in [3.63, 3.8) is 0 Å². The first kappa shape index (κ1) is 14.9. The fourth-order valence-corrected chi connectivity index (χ4v) is 3.16. The van der Waals surface area contributed by atoms with Crippen LogP contribution in [-0.4, -0.2) is 30.7 Å². The minimum absolute atomic E-state index is 0.0803. The summed E-state index contributed by atoms with van der Waals surface area (Å²) in [5, 5.41) is 2.77. The molecule has 3 rings (SSSR count). The molecule has 1 aliphatic heterocycles. The van der Waals surface area contributed by atoms with Gasteiger partial charge in [0.15, 0.2) is 0 Å². The molecule has 3 atom stereocenters. The van der Waals surface area contributed by atoms with Gasteiger partial charge in [0.1, 0.15) is 11.6 Å². The summed E-state index contributed by atoms with van der Waals surface area (Å²) >= 11 is 0. The van der Waals surface area contributed by atoms with E-state index in [4.69, 9.17) is 4.74 Å². The highest BCUT2D eigenvalue weighted by Crippen LogP contribution is 2.54. The lowest BCUT2D eigenvalue weighted by molar-refractivity contribution is -0.120. The van der Waals surface area contributed by atoms with E-state index >= 15 is 0 Å². The lowest BCUT2D eigenvalue weighted by Crippen LogP contribution is -2.49. The monoisotopic (exact) mass is 302 g/mol. The summed E-state index contributed by atoms with van der Waals surface area (Å²) in [6.07, 6.45) is 0.396. The Kier molecular flexibility index (Phi) is 3.38. The summed E-state index contributed by atoms with van der Waals surface area (Å²) < 4.78 is 5.29. The number of alkyl carbamates (subject to hydrolysis) is 1. The normalized spacial score (nSPS) is 26.6. The molecular formula is C17H22N2O3. The van der Waals surface area contributed by atoms with Crippen molar-refractivity contribution < 1.29 is 14.3 Å². The lowest BCUT2D eigenvalue weighted by Gasteiger charge is -2.25. The van der Waals surface area contributed by atoms with Crippen LogP contribution in [0.3, 0.4) is 0 Å². The van der Waals surface area contributed by atoms with Crippen molar-refractivity contribution in [2.24, 2.45) is 5.92 Å². The predicted octanol–water partition coefficient (Wildman–Crippen LogP) is 2.66. The molecule has 1 saturated carbocycles. The van der Waals surface area contributed by atoms with Gasteiger partial charge in [0, 0.05) is 12.7 Å². The standard InChI is InChI=1S/C17H22N2O3/c1-17(2,3)22-16(21)18-14-12-9-11(12)10-7-5-6-8-13(10)19(4)15(14)20/h5-8,11-12,14H,9H2,1-4H3,(H,18,21). The number of amides is 2. The quantitative estimate of drug-likeness (QED) is 0.867. The SMILES string of the molecule is CN1C(=O)C(NC(=O)OC(C)(C)C)C2CC2c2ccccc21. The van der Waals surface area contributed by atoms with E-state index < -0.39 is 17.7 Å². The first-order valence-corrected chi connectivity index (χ1v) is 7.64. The smallest absolute Gasteiger partial charge is 0.408 e. The molecule has 2 amide bonds. The minimum Gasteiger partial charge on any atom is -0.444 e. The molecule has 0 saturated heterocycles. The van der Waals surface area contributed by atoms with E-state index in [9.17, 15) is 9.59 Å². The number of nitrogens with zero attached hydrogens (tertiary/aromatic N) is 1. The second kappa shape index (κ2) is 5.00. The minimum atomic E-state index is -0.574. The van der Waals surface area contributed by atoms with Crippen LogP contribution in [-0.2, 0) is 9.53 Å². The van der Waals surface area contributed by atoms with Gasteiger partial charge in [0.05, 0.1) is 0 Å². The molecule has 0 radical (unpaired) electrons. The van der Waals surface area contributed by atoms with Crippen molar-refractivity contribution in [3.05, 3.63) is 29.8 Å². The lowest BCUT2D eigenvalue weighted by atomic mass is 10.1. The number of carbonyl (C=O) groups excluding carboxylic acids is 2.